The maximum atomic E-state index is 12.7. The number of carbonyl (C=O) groups is 1. The molecule has 1 saturated carbocycles. The number of unbranched alkanes of at least 4 members (excludes halogenated alkanes) is 2. The number of hydrogen-bond donors (Lipinski definition) is 2. The lowest BCUT2D eigenvalue weighted by Crippen LogP contribution is -2.50. The fraction of sp³-hybridized carbons (Fsp3) is 0.720. The predicted octanol–water partition coefficient (Wildman–Crippen LogP) is 5.54. The highest BCUT2D eigenvalue weighted by Gasteiger charge is 2.24. The Hall–Kier alpha value is -1.79. The fourth-order valence-corrected chi connectivity index (χ4v) is 4.51. The van der Waals surface area contributed by atoms with Crippen LogP contribution in [0.15, 0.2) is 24.3 Å². The van der Waals surface area contributed by atoms with Crippen molar-refractivity contribution in [3.05, 3.63) is 24.3 Å². The first-order chi connectivity index (χ1) is 15.2. The van der Waals surface area contributed by atoms with Crippen LogP contribution in [-0.2, 0) is 4.74 Å². The minimum absolute atomic E-state index is 0.283. The van der Waals surface area contributed by atoms with Crippen molar-refractivity contribution in [3.63, 3.8) is 0 Å². The van der Waals surface area contributed by atoms with E-state index in [0.717, 1.165) is 38.2 Å². The average molecular weight is 432 g/mol. The van der Waals surface area contributed by atoms with Gasteiger partial charge in [0.1, 0.15) is 5.75 Å². The van der Waals surface area contributed by atoms with Crippen LogP contribution in [0, 0.1) is 0 Å². The van der Waals surface area contributed by atoms with Crippen molar-refractivity contribution in [2.45, 2.75) is 89.8 Å². The summed E-state index contributed by atoms with van der Waals surface area (Å²) in [7, 11) is 0. The van der Waals surface area contributed by atoms with Crippen LogP contribution >= 0.6 is 0 Å². The Morgan fingerprint density at radius 2 is 1.87 bits per heavy atom. The van der Waals surface area contributed by atoms with E-state index < -0.39 is 6.09 Å². The van der Waals surface area contributed by atoms with E-state index in [-0.39, 0.29) is 6.23 Å². The Kier molecular flexibility index (Phi) is 10.5. The Morgan fingerprint density at radius 3 is 2.65 bits per heavy atom. The molecule has 1 unspecified atom stereocenters. The summed E-state index contributed by atoms with van der Waals surface area (Å²) in [4.78, 5) is 15.1. The summed E-state index contributed by atoms with van der Waals surface area (Å²) in [5.74, 6) is 0.777. The number of likely N-dealkylation sites (tertiary alicyclic amines) is 1. The molecule has 2 aliphatic rings. The van der Waals surface area contributed by atoms with Crippen molar-refractivity contribution >= 4 is 11.8 Å². The number of anilines is 1. The van der Waals surface area contributed by atoms with Crippen LogP contribution in [0.4, 0.5) is 10.5 Å². The van der Waals surface area contributed by atoms with E-state index in [2.05, 4.69) is 22.5 Å². The molecule has 6 heteroatoms. The van der Waals surface area contributed by atoms with Crippen LogP contribution in [0.2, 0.25) is 0 Å². The molecule has 2 N–H and O–H groups in total. The predicted molar refractivity (Wildman–Crippen MR) is 126 cm³/mol. The zero-order valence-electron chi connectivity index (χ0n) is 19.2. The van der Waals surface area contributed by atoms with Crippen molar-refractivity contribution in [2.24, 2.45) is 0 Å². The highest BCUT2D eigenvalue weighted by molar-refractivity contribution is 5.84. The topological polar surface area (TPSA) is 62.8 Å². The van der Waals surface area contributed by atoms with Gasteiger partial charge in [0.25, 0.3) is 0 Å². The van der Waals surface area contributed by atoms with Crippen LogP contribution < -0.4 is 15.4 Å². The van der Waals surface area contributed by atoms with Crippen molar-refractivity contribution in [3.8, 4) is 5.75 Å². The van der Waals surface area contributed by atoms with Crippen LogP contribution in [-0.4, -0.2) is 49.5 Å². The summed E-state index contributed by atoms with van der Waals surface area (Å²) >= 11 is 0. The molecular weight excluding hydrogens is 390 g/mol. The number of ether oxygens (including phenoxy) is 2. The summed E-state index contributed by atoms with van der Waals surface area (Å²) in [6, 6.07) is 7.99. The molecule has 3 rings (SSSR count). The van der Waals surface area contributed by atoms with E-state index in [1.807, 2.05) is 24.3 Å². The molecule has 0 spiro atoms. The van der Waals surface area contributed by atoms with Crippen LogP contribution in [0.3, 0.4) is 0 Å². The molecular formula is C25H41N3O3. The number of carbonyl (C=O) groups excluding carboxylic acids is 1. The van der Waals surface area contributed by atoms with Crippen LogP contribution in [0.5, 0.6) is 5.75 Å². The number of nitrogens with zero attached hydrogens (tertiary/aromatic N) is 1. The second kappa shape index (κ2) is 13.6. The van der Waals surface area contributed by atoms with Gasteiger partial charge in [0.2, 0.25) is 0 Å². The fourth-order valence-electron chi connectivity index (χ4n) is 4.51. The average Bonchev–Trinajstić information content (AvgIpc) is 2.78. The monoisotopic (exact) mass is 431 g/mol. The molecule has 174 valence electrons. The van der Waals surface area contributed by atoms with Crippen molar-refractivity contribution in [2.75, 3.05) is 31.6 Å². The van der Waals surface area contributed by atoms with Crippen molar-refractivity contribution < 1.29 is 14.3 Å². The van der Waals surface area contributed by atoms with Gasteiger partial charge in [-0.15, -0.1) is 0 Å². The highest BCUT2D eigenvalue weighted by Crippen LogP contribution is 2.20. The molecule has 0 aromatic heterocycles. The van der Waals surface area contributed by atoms with E-state index in [9.17, 15) is 4.79 Å². The van der Waals surface area contributed by atoms with E-state index in [1.165, 1.54) is 57.8 Å². The number of piperidine rings is 1. The van der Waals surface area contributed by atoms with Crippen LogP contribution in [0.1, 0.15) is 77.6 Å². The molecule has 0 bridgehead atoms. The van der Waals surface area contributed by atoms with E-state index in [1.54, 1.807) is 0 Å². The van der Waals surface area contributed by atoms with Gasteiger partial charge in [0.05, 0.1) is 6.61 Å². The zero-order valence-corrected chi connectivity index (χ0v) is 19.2. The second-order valence-corrected chi connectivity index (χ2v) is 8.97. The third kappa shape index (κ3) is 9.08. The van der Waals surface area contributed by atoms with E-state index in [0.29, 0.717) is 18.3 Å². The number of nitrogens with one attached hydrogen (secondary N) is 2. The van der Waals surface area contributed by atoms with Gasteiger partial charge < -0.3 is 9.47 Å². The summed E-state index contributed by atoms with van der Waals surface area (Å²) < 4.78 is 11.7. The lowest BCUT2D eigenvalue weighted by Gasteiger charge is -2.33. The maximum Gasteiger partial charge on any atom is 0.413 e. The molecule has 2 fully saturated rings. The summed E-state index contributed by atoms with van der Waals surface area (Å²) in [6.07, 6.45) is 12.6. The first-order valence-corrected chi connectivity index (χ1v) is 12.4. The number of amides is 1. The summed E-state index contributed by atoms with van der Waals surface area (Å²) in [5, 5.41) is 6.51. The van der Waals surface area contributed by atoms with Gasteiger partial charge in [-0.1, -0.05) is 51.5 Å². The number of hydrogen-bond acceptors (Lipinski definition) is 5. The van der Waals surface area contributed by atoms with Crippen LogP contribution in [0.25, 0.3) is 0 Å². The molecule has 1 heterocycles. The minimum Gasteiger partial charge on any atom is -0.494 e. The van der Waals surface area contributed by atoms with Gasteiger partial charge in [-0.2, -0.15) is 0 Å². The molecule has 6 nitrogen and oxygen atoms in total. The molecule has 1 aliphatic heterocycles. The molecule has 1 aliphatic carbocycles. The summed E-state index contributed by atoms with van der Waals surface area (Å²) in [5.41, 5.74) is 0.701. The summed E-state index contributed by atoms with van der Waals surface area (Å²) in [6.45, 7) is 5.81. The SMILES string of the molecule is CCCCCOc1cccc(NC(=O)OC(CN2CCCCC2)NC2CCCCC2)c1. The van der Waals surface area contributed by atoms with E-state index in [4.69, 9.17) is 9.47 Å². The second-order valence-electron chi connectivity index (χ2n) is 8.97. The first-order valence-electron chi connectivity index (χ1n) is 12.4. The molecule has 1 aromatic carbocycles. The smallest absolute Gasteiger partial charge is 0.413 e. The lowest BCUT2D eigenvalue weighted by molar-refractivity contribution is 0.0426. The zero-order chi connectivity index (χ0) is 21.7. The Labute approximate surface area is 188 Å². The van der Waals surface area contributed by atoms with Gasteiger partial charge in [-0.3, -0.25) is 15.5 Å². The minimum atomic E-state index is -0.409. The first kappa shape index (κ1) is 23.9. The maximum absolute atomic E-state index is 12.7. The number of rotatable bonds is 11. The molecule has 1 aromatic rings. The Bertz CT molecular complexity index is 623. The lowest BCUT2D eigenvalue weighted by atomic mass is 9.95. The Balaban J connectivity index is 1.52. The molecule has 31 heavy (non-hydrogen) atoms. The standard InChI is InChI=1S/C25H41N3O3/c1-2-3-10-18-30-23-15-11-14-22(19-23)27-25(29)31-24(20-28-16-8-5-9-17-28)26-21-12-6-4-7-13-21/h11,14-15,19,21,24,26H,2-10,12-13,16-18,20H2,1H3,(H,27,29). The molecule has 1 saturated heterocycles. The van der Waals surface area contributed by atoms with Gasteiger partial charge >= 0.3 is 6.09 Å². The molecule has 1 atom stereocenters. The third-order valence-electron chi connectivity index (χ3n) is 6.25. The number of benzene rings is 1. The Morgan fingerprint density at radius 1 is 1.10 bits per heavy atom. The molecule has 0 radical (unpaired) electrons. The third-order valence-corrected chi connectivity index (χ3v) is 6.25. The largest absolute Gasteiger partial charge is 0.494 e. The van der Waals surface area contributed by atoms with Gasteiger partial charge in [0, 0.05) is 24.3 Å². The van der Waals surface area contributed by atoms with Gasteiger partial charge in [0.15, 0.2) is 6.23 Å². The van der Waals surface area contributed by atoms with Gasteiger partial charge in [-0.25, -0.2) is 4.79 Å². The highest BCUT2D eigenvalue weighted by atomic mass is 16.6. The van der Waals surface area contributed by atoms with E-state index >= 15 is 0 Å². The van der Waals surface area contributed by atoms with Gasteiger partial charge in [-0.05, 0) is 57.3 Å². The quantitative estimate of drug-likeness (QED) is 0.356. The van der Waals surface area contributed by atoms with Crippen molar-refractivity contribution in [1.29, 1.82) is 0 Å². The molecule has 1 amide bonds. The normalized spacial score (nSPS) is 19.0. The van der Waals surface area contributed by atoms with Crippen molar-refractivity contribution in [1.82, 2.24) is 10.2 Å².